The molecule has 21 heavy (non-hydrogen) atoms. The molecular weight excluding hydrogens is 260 g/mol. The second kappa shape index (κ2) is 4.63. The van der Waals surface area contributed by atoms with E-state index in [1.807, 2.05) is 60.7 Å². The maximum Gasteiger partial charge on any atom is 0.198 e. The number of hydrogen-bond donors (Lipinski definition) is 2. The Kier molecular flexibility index (Phi) is 2.64. The van der Waals surface area contributed by atoms with Crippen LogP contribution in [-0.2, 0) is 6.54 Å². The lowest BCUT2D eigenvalue weighted by molar-refractivity contribution is 0.456. The van der Waals surface area contributed by atoms with Crippen LogP contribution in [0.2, 0.25) is 0 Å². The highest BCUT2D eigenvalue weighted by molar-refractivity contribution is 6.17. The maximum absolute atomic E-state index is 10.3. The fourth-order valence-electron chi connectivity index (χ4n) is 2.86. The summed E-state index contributed by atoms with van der Waals surface area (Å²) in [6.45, 7) is 0.598. The van der Waals surface area contributed by atoms with E-state index >= 15 is 0 Å². The first kappa shape index (κ1) is 12.0. The van der Waals surface area contributed by atoms with Crippen LogP contribution in [0.5, 0.6) is 5.88 Å². The normalized spacial score (nSPS) is 13.0. The SMILES string of the molecule is Oc1[nH]c(-c2ccccc2)c2c1C(c1ccccc1)=NC2. The Morgan fingerprint density at radius 3 is 2.14 bits per heavy atom. The van der Waals surface area contributed by atoms with E-state index in [9.17, 15) is 5.11 Å². The molecule has 3 nitrogen and oxygen atoms in total. The number of aromatic nitrogens is 1. The summed E-state index contributed by atoms with van der Waals surface area (Å²) < 4.78 is 0. The van der Waals surface area contributed by atoms with E-state index in [0.717, 1.165) is 33.7 Å². The molecule has 0 atom stereocenters. The van der Waals surface area contributed by atoms with E-state index in [-0.39, 0.29) is 5.88 Å². The first-order chi connectivity index (χ1) is 10.3. The Bertz CT molecular complexity index is 817. The Morgan fingerprint density at radius 1 is 0.857 bits per heavy atom. The average molecular weight is 274 g/mol. The number of H-pyrrole nitrogens is 1. The highest BCUT2D eigenvalue weighted by atomic mass is 16.3. The lowest BCUT2D eigenvalue weighted by atomic mass is 10.0. The second-order valence-corrected chi connectivity index (χ2v) is 5.10. The number of aromatic amines is 1. The predicted octanol–water partition coefficient (Wildman–Crippen LogP) is 3.74. The van der Waals surface area contributed by atoms with Crippen molar-refractivity contribution in [2.45, 2.75) is 6.54 Å². The van der Waals surface area contributed by atoms with E-state index in [0.29, 0.717) is 6.54 Å². The zero-order valence-electron chi connectivity index (χ0n) is 11.4. The molecule has 4 rings (SSSR count). The number of rotatable bonds is 2. The molecule has 0 aliphatic carbocycles. The zero-order valence-corrected chi connectivity index (χ0v) is 11.4. The van der Waals surface area contributed by atoms with Gasteiger partial charge in [-0.1, -0.05) is 60.7 Å². The summed E-state index contributed by atoms with van der Waals surface area (Å²) in [7, 11) is 0. The minimum atomic E-state index is 0.198. The minimum Gasteiger partial charge on any atom is -0.494 e. The van der Waals surface area contributed by atoms with Crippen molar-refractivity contribution in [3.63, 3.8) is 0 Å². The predicted molar refractivity (Wildman–Crippen MR) is 83.7 cm³/mol. The monoisotopic (exact) mass is 274 g/mol. The summed E-state index contributed by atoms with van der Waals surface area (Å²) in [6.07, 6.45) is 0. The minimum absolute atomic E-state index is 0.198. The van der Waals surface area contributed by atoms with Crippen molar-refractivity contribution in [3.8, 4) is 17.1 Å². The third kappa shape index (κ3) is 1.86. The van der Waals surface area contributed by atoms with Gasteiger partial charge in [-0.3, -0.25) is 4.99 Å². The summed E-state index contributed by atoms with van der Waals surface area (Å²) in [4.78, 5) is 7.72. The highest BCUT2D eigenvalue weighted by Gasteiger charge is 2.27. The summed E-state index contributed by atoms with van der Waals surface area (Å²) in [5.41, 5.74) is 5.82. The number of aromatic hydroxyl groups is 1. The van der Waals surface area contributed by atoms with E-state index < -0.39 is 0 Å². The molecular formula is C18H14N2O. The van der Waals surface area contributed by atoms with Gasteiger partial charge < -0.3 is 10.1 Å². The van der Waals surface area contributed by atoms with Crippen molar-refractivity contribution in [2.75, 3.05) is 0 Å². The van der Waals surface area contributed by atoms with Crippen LogP contribution in [0.25, 0.3) is 11.3 Å². The largest absolute Gasteiger partial charge is 0.494 e. The molecule has 0 bridgehead atoms. The smallest absolute Gasteiger partial charge is 0.198 e. The van der Waals surface area contributed by atoms with Gasteiger partial charge in [-0.25, -0.2) is 0 Å². The standard InChI is InChI=1S/C18H14N2O/c21-18-15-14(16(20-18)12-7-3-1-4-8-12)11-19-17(15)13-9-5-2-6-10-13/h1-10,20-21H,11H2. The number of hydrogen-bond acceptors (Lipinski definition) is 2. The van der Waals surface area contributed by atoms with Gasteiger partial charge >= 0.3 is 0 Å². The summed E-state index contributed by atoms with van der Waals surface area (Å²) in [5.74, 6) is 0.198. The van der Waals surface area contributed by atoms with Crippen LogP contribution in [0.3, 0.4) is 0 Å². The third-order valence-corrected chi connectivity index (χ3v) is 3.83. The molecule has 1 aliphatic rings. The van der Waals surface area contributed by atoms with Crippen LogP contribution in [0.15, 0.2) is 65.7 Å². The fourth-order valence-corrected chi connectivity index (χ4v) is 2.86. The second-order valence-electron chi connectivity index (χ2n) is 5.10. The molecule has 0 unspecified atom stereocenters. The van der Waals surface area contributed by atoms with Crippen molar-refractivity contribution in [1.29, 1.82) is 0 Å². The Labute approximate surface area is 122 Å². The van der Waals surface area contributed by atoms with E-state index in [2.05, 4.69) is 9.98 Å². The van der Waals surface area contributed by atoms with Gasteiger partial charge in [-0.05, 0) is 5.56 Å². The van der Waals surface area contributed by atoms with Crippen molar-refractivity contribution < 1.29 is 5.11 Å². The van der Waals surface area contributed by atoms with Crippen molar-refractivity contribution in [2.24, 2.45) is 4.99 Å². The van der Waals surface area contributed by atoms with Gasteiger partial charge in [0.2, 0.25) is 0 Å². The van der Waals surface area contributed by atoms with Gasteiger partial charge in [0, 0.05) is 11.1 Å². The van der Waals surface area contributed by atoms with Gasteiger partial charge in [-0.15, -0.1) is 0 Å². The molecule has 0 amide bonds. The number of nitrogens with zero attached hydrogens (tertiary/aromatic N) is 1. The molecule has 1 aliphatic heterocycles. The van der Waals surface area contributed by atoms with Crippen LogP contribution in [0.1, 0.15) is 16.7 Å². The van der Waals surface area contributed by atoms with Gasteiger partial charge in [0.05, 0.1) is 23.5 Å². The first-order valence-electron chi connectivity index (χ1n) is 6.94. The van der Waals surface area contributed by atoms with Crippen molar-refractivity contribution >= 4 is 5.71 Å². The van der Waals surface area contributed by atoms with Crippen LogP contribution in [0, 0.1) is 0 Å². The molecule has 0 saturated heterocycles. The van der Waals surface area contributed by atoms with Gasteiger partial charge in [0.25, 0.3) is 0 Å². The number of nitrogens with one attached hydrogen (secondary N) is 1. The molecule has 2 heterocycles. The lowest BCUT2D eigenvalue weighted by Gasteiger charge is -2.01. The van der Waals surface area contributed by atoms with Gasteiger partial charge in [0.15, 0.2) is 5.88 Å². The van der Waals surface area contributed by atoms with Crippen molar-refractivity contribution in [3.05, 3.63) is 77.4 Å². The molecule has 2 N–H and O–H groups in total. The highest BCUT2D eigenvalue weighted by Crippen LogP contribution is 2.37. The molecule has 3 heteroatoms. The van der Waals surface area contributed by atoms with E-state index in [4.69, 9.17) is 0 Å². The Hall–Kier alpha value is -2.81. The molecule has 0 fully saturated rings. The zero-order chi connectivity index (χ0) is 14.2. The first-order valence-corrected chi connectivity index (χ1v) is 6.94. The molecule has 102 valence electrons. The lowest BCUT2D eigenvalue weighted by Crippen LogP contribution is -1.99. The van der Waals surface area contributed by atoms with Gasteiger partial charge in [0.1, 0.15) is 0 Å². The summed E-state index contributed by atoms with van der Waals surface area (Å²) >= 11 is 0. The quantitative estimate of drug-likeness (QED) is 0.734. The van der Waals surface area contributed by atoms with Gasteiger partial charge in [-0.2, -0.15) is 0 Å². The average Bonchev–Trinajstić information content (AvgIpc) is 3.11. The number of aliphatic imine (C=N–C) groups is 1. The topological polar surface area (TPSA) is 48.4 Å². The molecule has 2 aromatic carbocycles. The van der Waals surface area contributed by atoms with Crippen LogP contribution >= 0.6 is 0 Å². The summed E-state index contributed by atoms with van der Waals surface area (Å²) in [5, 5.41) is 10.3. The molecule has 0 spiro atoms. The Morgan fingerprint density at radius 2 is 1.48 bits per heavy atom. The molecule has 3 aromatic rings. The number of benzene rings is 2. The van der Waals surface area contributed by atoms with E-state index in [1.54, 1.807) is 0 Å². The van der Waals surface area contributed by atoms with Crippen molar-refractivity contribution in [1.82, 2.24) is 4.98 Å². The molecule has 0 radical (unpaired) electrons. The fraction of sp³-hybridized carbons (Fsp3) is 0.0556. The maximum atomic E-state index is 10.3. The van der Waals surface area contributed by atoms with E-state index in [1.165, 1.54) is 0 Å². The van der Waals surface area contributed by atoms with Crippen LogP contribution in [-0.4, -0.2) is 15.8 Å². The number of fused-ring (bicyclic) bond motifs is 1. The van der Waals surface area contributed by atoms with Crippen LogP contribution < -0.4 is 0 Å². The summed E-state index contributed by atoms with van der Waals surface area (Å²) in [6, 6.07) is 20.0. The Balaban J connectivity index is 1.85. The van der Waals surface area contributed by atoms with Crippen LogP contribution in [0.4, 0.5) is 0 Å². The third-order valence-electron chi connectivity index (χ3n) is 3.83. The molecule has 0 saturated carbocycles. The molecule has 1 aromatic heterocycles.